The predicted molar refractivity (Wildman–Crippen MR) is 72.6 cm³/mol. The van der Waals surface area contributed by atoms with Gasteiger partial charge in [0.05, 0.1) is 21.8 Å². The Morgan fingerprint density at radius 1 is 1.53 bits per heavy atom. The van der Waals surface area contributed by atoms with E-state index >= 15 is 0 Å². The van der Waals surface area contributed by atoms with Crippen LogP contribution in [0.4, 0.5) is 0 Å². The van der Waals surface area contributed by atoms with Gasteiger partial charge in [-0.3, -0.25) is 4.68 Å². The topological polar surface area (TPSA) is 43.8 Å². The molecule has 0 aliphatic heterocycles. The first-order chi connectivity index (χ1) is 8.10. The van der Waals surface area contributed by atoms with Gasteiger partial charge in [0.25, 0.3) is 0 Å². The summed E-state index contributed by atoms with van der Waals surface area (Å²) in [5, 5.41) is 4.41. The summed E-state index contributed by atoms with van der Waals surface area (Å²) in [4.78, 5) is 1.21. The molecular weight excluding hydrogens is 254 g/mol. The Bertz CT molecular complexity index is 504. The van der Waals surface area contributed by atoms with Gasteiger partial charge in [-0.25, -0.2) is 0 Å². The first-order valence-corrected chi connectivity index (χ1v) is 6.83. The minimum absolute atomic E-state index is 0.0223. The summed E-state index contributed by atoms with van der Waals surface area (Å²) in [7, 11) is 0. The highest BCUT2D eigenvalue weighted by atomic mass is 35.5. The number of thiophene rings is 1. The van der Waals surface area contributed by atoms with Crippen LogP contribution in [0.5, 0.6) is 0 Å². The second-order valence-corrected chi connectivity index (χ2v) is 5.84. The number of hydrogen-bond donors (Lipinski definition) is 1. The van der Waals surface area contributed by atoms with E-state index in [1.165, 1.54) is 4.88 Å². The quantitative estimate of drug-likeness (QED) is 0.927. The van der Waals surface area contributed by atoms with Gasteiger partial charge >= 0.3 is 0 Å². The number of nitrogens with two attached hydrogens (primary N) is 1. The van der Waals surface area contributed by atoms with Crippen LogP contribution in [0.15, 0.2) is 18.2 Å². The van der Waals surface area contributed by atoms with Crippen molar-refractivity contribution >= 4 is 22.9 Å². The third-order valence-electron chi connectivity index (χ3n) is 2.66. The highest BCUT2D eigenvalue weighted by Gasteiger charge is 2.14. The average Bonchev–Trinajstić information content (AvgIpc) is 2.84. The Balaban J connectivity index is 2.16. The standard InChI is InChI=1S/C12H16ClN3S/c1-3-16-11(6-8(2)15-16)10(14)7-9-4-5-12(13)17-9/h4-6,10H,3,7,14H2,1-2H3. The van der Waals surface area contributed by atoms with Gasteiger partial charge in [0.2, 0.25) is 0 Å². The lowest BCUT2D eigenvalue weighted by atomic mass is 10.1. The molecule has 3 nitrogen and oxygen atoms in total. The van der Waals surface area contributed by atoms with E-state index in [0.29, 0.717) is 0 Å². The number of hydrogen-bond acceptors (Lipinski definition) is 3. The average molecular weight is 270 g/mol. The van der Waals surface area contributed by atoms with Crippen molar-refractivity contribution in [3.63, 3.8) is 0 Å². The predicted octanol–water partition coefficient (Wildman–Crippen LogP) is 3.17. The van der Waals surface area contributed by atoms with Crippen LogP contribution in [-0.4, -0.2) is 9.78 Å². The molecule has 0 aliphatic carbocycles. The highest BCUT2D eigenvalue weighted by molar-refractivity contribution is 7.16. The van der Waals surface area contributed by atoms with Crippen molar-refractivity contribution in [2.24, 2.45) is 5.73 Å². The maximum atomic E-state index is 6.23. The molecule has 2 rings (SSSR count). The zero-order chi connectivity index (χ0) is 12.4. The molecule has 0 radical (unpaired) electrons. The van der Waals surface area contributed by atoms with Crippen molar-refractivity contribution in [2.45, 2.75) is 32.9 Å². The Kier molecular flexibility index (Phi) is 3.86. The normalized spacial score (nSPS) is 12.9. The van der Waals surface area contributed by atoms with Crippen LogP contribution >= 0.6 is 22.9 Å². The Hall–Kier alpha value is -0.840. The van der Waals surface area contributed by atoms with E-state index in [1.54, 1.807) is 11.3 Å². The summed E-state index contributed by atoms with van der Waals surface area (Å²) >= 11 is 7.50. The molecule has 1 atom stereocenters. The molecule has 0 aromatic carbocycles. The number of nitrogens with zero attached hydrogens (tertiary/aromatic N) is 2. The third-order valence-corrected chi connectivity index (χ3v) is 3.92. The molecule has 2 N–H and O–H groups in total. The number of halogens is 1. The van der Waals surface area contributed by atoms with E-state index in [-0.39, 0.29) is 6.04 Å². The van der Waals surface area contributed by atoms with Crippen LogP contribution in [0.25, 0.3) is 0 Å². The van der Waals surface area contributed by atoms with Crippen molar-refractivity contribution in [3.8, 4) is 0 Å². The summed E-state index contributed by atoms with van der Waals surface area (Å²) < 4.78 is 2.78. The fourth-order valence-electron chi connectivity index (χ4n) is 1.90. The van der Waals surface area contributed by atoms with Crippen LogP contribution in [-0.2, 0) is 13.0 Å². The molecule has 0 saturated heterocycles. The molecule has 92 valence electrons. The van der Waals surface area contributed by atoms with E-state index in [0.717, 1.165) is 28.7 Å². The second-order valence-electron chi connectivity index (χ2n) is 4.04. The van der Waals surface area contributed by atoms with Gasteiger partial charge < -0.3 is 5.73 Å². The Morgan fingerprint density at radius 2 is 2.29 bits per heavy atom. The lowest BCUT2D eigenvalue weighted by molar-refractivity contribution is 0.568. The summed E-state index contributed by atoms with van der Waals surface area (Å²) in [5.74, 6) is 0. The second kappa shape index (κ2) is 5.21. The lowest BCUT2D eigenvalue weighted by Gasteiger charge is -2.12. The fourth-order valence-corrected chi connectivity index (χ4v) is 3.05. The number of aromatic nitrogens is 2. The Morgan fingerprint density at radius 3 is 2.88 bits per heavy atom. The van der Waals surface area contributed by atoms with Crippen LogP contribution in [0, 0.1) is 6.92 Å². The van der Waals surface area contributed by atoms with Crippen molar-refractivity contribution in [1.82, 2.24) is 9.78 Å². The monoisotopic (exact) mass is 269 g/mol. The zero-order valence-electron chi connectivity index (χ0n) is 9.98. The maximum absolute atomic E-state index is 6.23. The highest BCUT2D eigenvalue weighted by Crippen LogP contribution is 2.25. The van der Waals surface area contributed by atoms with Crippen molar-refractivity contribution in [3.05, 3.63) is 38.8 Å². The zero-order valence-corrected chi connectivity index (χ0v) is 11.6. The molecule has 2 heterocycles. The summed E-state index contributed by atoms with van der Waals surface area (Å²) in [6.07, 6.45) is 0.808. The van der Waals surface area contributed by atoms with E-state index in [9.17, 15) is 0 Å². The molecule has 0 spiro atoms. The first kappa shape index (κ1) is 12.6. The molecular formula is C12H16ClN3S. The van der Waals surface area contributed by atoms with Crippen LogP contribution in [0.2, 0.25) is 4.34 Å². The number of aryl methyl sites for hydroxylation is 2. The van der Waals surface area contributed by atoms with Gasteiger partial charge in [-0.2, -0.15) is 5.10 Å². The minimum atomic E-state index is -0.0223. The maximum Gasteiger partial charge on any atom is 0.0931 e. The van der Waals surface area contributed by atoms with Crippen molar-refractivity contribution in [1.29, 1.82) is 0 Å². The van der Waals surface area contributed by atoms with Gasteiger partial charge in [0.15, 0.2) is 0 Å². The van der Waals surface area contributed by atoms with E-state index in [2.05, 4.69) is 18.1 Å². The molecule has 1 unspecified atom stereocenters. The Labute approximate surface area is 110 Å². The molecule has 0 amide bonds. The molecule has 0 saturated carbocycles. The van der Waals surface area contributed by atoms with Crippen LogP contribution < -0.4 is 5.73 Å². The van der Waals surface area contributed by atoms with E-state index in [4.69, 9.17) is 17.3 Å². The summed E-state index contributed by atoms with van der Waals surface area (Å²) in [6, 6.07) is 5.98. The van der Waals surface area contributed by atoms with Gasteiger partial charge in [0.1, 0.15) is 0 Å². The third kappa shape index (κ3) is 2.89. The largest absolute Gasteiger partial charge is 0.322 e. The summed E-state index contributed by atoms with van der Waals surface area (Å²) in [5.41, 5.74) is 8.34. The molecule has 0 fully saturated rings. The van der Waals surface area contributed by atoms with Gasteiger partial charge in [-0.15, -0.1) is 11.3 Å². The fraction of sp³-hybridized carbons (Fsp3) is 0.417. The lowest BCUT2D eigenvalue weighted by Crippen LogP contribution is -2.17. The smallest absolute Gasteiger partial charge is 0.0931 e. The van der Waals surface area contributed by atoms with Gasteiger partial charge in [0, 0.05) is 17.8 Å². The van der Waals surface area contributed by atoms with Crippen LogP contribution in [0.3, 0.4) is 0 Å². The first-order valence-electron chi connectivity index (χ1n) is 5.64. The van der Waals surface area contributed by atoms with Crippen molar-refractivity contribution in [2.75, 3.05) is 0 Å². The summed E-state index contributed by atoms with van der Waals surface area (Å²) in [6.45, 7) is 4.91. The molecule has 17 heavy (non-hydrogen) atoms. The van der Waals surface area contributed by atoms with Gasteiger partial charge in [-0.05, 0) is 32.0 Å². The molecule has 2 aromatic heterocycles. The molecule has 5 heteroatoms. The molecule has 0 bridgehead atoms. The minimum Gasteiger partial charge on any atom is -0.322 e. The van der Waals surface area contributed by atoms with Crippen molar-refractivity contribution < 1.29 is 0 Å². The van der Waals surface area contributed by atoms with Gasteiger partial charge in [-0.1, -0.05) is 11.6 Å². The number of rotatable bonds is 4. The van der Waals surface area contributed by atoms with Crippen LogP contribution in [0.1, 0.15) is 29.2 Å². The SMILES string of the molecule is CCn1nc(C)cc1C(N)Cc1ccc(Cl)s1. The molecule has 2 aromatic rings. The van der Waals surface area contributed by atoms with E-state index in [1.807, 2.05) is 23.7 Å². The van der Waals surface area contributed by atoms with E-state index < -0.39 is 0 Å². The molecule has 0 aliphatic rings.